The van der Waals surface area contributed by atoms with Crippen molar-refractivity contribution in [2.45, 2.75) is 86.2 Å². The number of imide groups is 1. The van der Waals surface area contributed by atoms with E-state index in [1.807, 2.05) is 11.8 Å². The van der Waals surface area contributed by atoms with Crippen molar-refractivity contribution in [3.05, 3.63) is 0 Å². The van der Waals surface area contributed by atoms with Gasteiger partial charge in [0.05, 0.1) is 16.5 Å². The zero-order chi connectivity index (χ0) is 22.0. The number of nitrogens with zero attached hydrogens (tertiary/aromatic N) is 2. The fraction of sp³-hybridized carbons (Fsp3) is 0.905. The molecule has 3 amide bonds. The summed E-state index contributed by atoms with van der Waals surface area (Å²) in [5.74, 6) is -0.0598. The van der Waals surface area contributed by atoms with Crippen molar-refractivity contribution in [1.82, 2.24) is 19.8 Å². The molecule has 8 nitrogen and oxygen atoms in total. The van der Waals surface area contributed by atoms with Crippen molar-refractivity contribution in [1.29, 1.82) is 0 Å². The summed E-state index contributed by atoms with van der Waals surface area (Å²) >= 11 is 1.76. The van der Waals surface area contributed by atoms with Gasteiger partial charge in [-0.3, -0.25) is 9.69 Å². The van der Waals surface area contributed by atoms with E-state index in [-0.39, 0.29) is 28.8 Å². The molecule has 5 unspecified atom stereocenters. The number of carbonyl (C=O) groups is 2. The van der Waals surface area contributed by atoms with E-state index < -0.39 is 21.2 Å². The fourth-order valence-electron chi connectivity index (χ4n) is 5.30. The Morgan fingerprint density at radius 1 is 1.16 bits per heavy atom. The molecule has 0 bridgehead atoms. The van der Waals surface area contributed by atoms with E-state index in [9.17, 15) is 18.0 Å². The number of fused-ring (bicyclic) bond motifs is 1. The van der Waals surface area contributed by atoms with Crippen LogP contribution in [0.5, 0.6) is 0 Å². The molecule has 2 N–H and O–H groups in total. The summed E-state index contributed by atoms with van der Waals surface area (Å²) in [6.07, 6.45) is 5.41. The summed E-state index contributed by atoms with van der Waals surface area (Å²) in [6, 6.07) is -0.323. The topological polar surface area (TPSA) is 98.8 Å². The maximum Gasteiger partial charge on any atom is 0.327 e. The Morgan fingerprint density at radius 3 is 2.52 bits per heavy atom. The molecule has 0 spiro atoms. The van der Waals surface area contributed by atoms with Crippen molar-refractivity contribution >= 4 is 33.7 Å². The summed E-state index contributed by atoms with van der Waals surface area (Å²) in [5.41, 5.74) is -0.310. The molecule has 3 aliphatic carbocycles. The highest BCUT2D eigenvalue weighted by Gasteiger charge is 2.53. The lowest BCUT2D eigenvalue weighted by Crippen LogP contribution is -2.65. The van der Waals surface area contributed by atoms with E-state index in [0.717, 1.165) is 32.2 Å². The lowest BCUT2D eigenvalue weighted by molar-refractivity contribution is -0.140. The smallest absolute Gasteiger partial charge is 0.320 e. The molecule has 0 radical (unpaired) electrons. The van der Waals surface area contributed by atoms with Crippen molar-refractivity contribution in [2.24, 2.45) is 11.8 Å². The van der Waals surface area contributed by atoms with Crippen LogP contribution in [0.1, 0.15) is 58.8 Å². The predicted octanol–water partition coefficient (Wildman–Crippen LogP) is 1.72. The van der Waals surface area contributed by atoms with Gasteiger partial charge in [0, 0.05) is 36.5 Å². The Labute approximate surface area is 189 Å². The molecule has 5 rings (SSSR count). The van der Waals surface area contributed by atoms with Gasteiger partial charge in [0.2, 0.25) is 15.9 Å². The first-order chi connectivity index (χ1) is 14.7. The van der Waals surface area contributed by atoms with Crippen LogP contribution in [-0.4, -0.2) is 77.2 Å². The van der Waals surface area contributed by atoms with E-state index in [1.165, 1.54) is 4.90 Å². The zero-order valence-electron chi connectivity index (χ0n) is 18.4. The van der Waals surface area contributed by atoms with Gasteiger partial charge in [0.25, 0.3) is 0 Å². The zero-order valence-corrected chi connectivity index (χ0v) is 20.0. The van der Waals surface area contributed by atoms with Crippen molar-refractivity contribution < 1.29 is 18.0 Å². The van der Waals surface area contributed by atoms with Crippen LogP contribution >= 0.6 is 11.8 Å². The van der Waals surface area contributed by atoms with Crippen LogP contribution in [0.25, 0.3) is 0 Å². The van der Waals surface area contributed by atoms with Crippen LogP contribution in [0.3, 0.4) is 0 Å². The highest BCUT2D eigenvalue weighted by Crippen LogP contribution is 2.42. The molecule has 5 aliphatic rings. The second-order valence-corrected chi connectivity index (χ2v) is 14.1. The maximum absolute atomic E-state index is 13.5. The minimum absolute atomic E-state index is 0.159. The molecule has 5 fully saturated rings. The van der Waals surface area contributed by atoms with Crippen LogP contribution in [0, 0.1) is 11.8 Å². The Balaban J connectivity index is 1.35. The van der Waals surface area contributed by atoms with Gasteiger partial charge in [-0.1, -0.05) is 0 Å². The highest BCUT2D eigenvalue weighted by atomic mass is 32.2. The molecule has 174 valence electrons. The first kappa shape index (κ1) is 22.0. The number of rotatable bonds is 7. The summed E-state index contributed by atoms with van der Waals surface area (Å²) in [7, 11) is -3.48. The number of nitrogens with one attached hydrogen (secondary N) is 2. The molecular weight excluding hydrogens is 436 g/mol. The highest BCUT2D eigenvalue weighted by molar-refractivity contribution is 8.00. The van der Waals surface area contributed by atoms with Gasteiger partial charge in [-0.05, 0) is 64.7 Å². The average molecular weight is 471 g/mol. The standard InChI is InChI=1S/C21H34N4O4S2/c1-13-22-10-15(30-13)12-25-19(26)17-9-16(31(28,29)23-21(2)7-8-21)5-6-18(17)24(20(25)27)11-14-3-4-14/h13-18,22-23H,3-12H2,1-2H3. The summed E-state index contributed by atoms with van der Waals surface area (Å²) in [5, 5.41) is 3.30. The number of thioether (sulfide) groups is 1. The number of hydrogen-bond donors (Lipinski definition) is 2. The van der Waals surface area contributed by atoms with Crippen molar-refractivity contribution in [3.63, 3.8) is 0 Å². The van der Waals surface area contributed by atoms with Crippen LogP contribution in [-0.2, 0) is 14.8 Å². The Morgan fingerprint density at radius 2 is 1.90 bits per heavy atom. The van der Waals surface area contributed by atoms with Gasteiger partial charge in [-0.25, -0.2) is 17.9 Å². The van der Waals surface area contributed by atoms with Gasteiger partial charge >= 0.3 is 6.03 Å². The van der Waals surface area contributed by atoms with Gasteiger partial charge < -0.3 is 10.2 Å². The molecule has 31 heavy (non-hydrogen) atoms. The third kappa shape index (κ3) is 4.50. The maximum atomic E-state index is 13.5. The van der Waals surface area contributed by atoms with Gasteiger partial charge in [-0.15, -0.1) is 11.8 Å². The molecule has 0 aromatic carbocycles. The summed E-state index contributed by atoms with van der Waals surface area (Å²) in [4.78, 5) is 30.2. The van der Waals surface area contributed by atoms with Crippen LogP contribution < -0.4 is 10.0 Å². The SMILES string of the molecule is CC1NCC(CN2C(=O)C3CC(S(=O)(=O)NC4(C)CC4)CCC3N(CC3CC3)C2=O)S1. The number of hydrogen-bond acceptors (Lipinski definition) is 6. The van der Waals surface area contributed by atoms with Gasteiger partial charge in [0.15, 0.2) is 0 Å². The molecular formula is C21H34N4O4S2. The van der Waals surface area contributed by atoms with E-state index >= 15 is 0 Å². The molecule has 2 aliphatic heterocycles. The molecule has 2 heterocycles. The number of urea groups is 1. The number of amides is 3. The van der Waals surface area contributed by atoms with E-state index in [1.54, 1.807) is 11.8 Å². The number of carbonyl (C=O) groups excluding carboxylic acids is 2. The molecule has 10 heteroatoms. The van der Waals surface area contributed by atoms with E-state index in [0.29, 0.717) is 43.6 Å². The first-order valence-corrected chi connectivity index (χ1v) is 14.2. The lowest BCUT2D eigenvalue weighted by atomic mass is 9.80. The first-order valence-electron chi connectivity index (χ1n) is 11.7. The quantitative estimate of drug-likeness (QED) is 0.588. The predicted molar refractivity (Wildman–Crippen MR) is 120 cm³/mol. The van der Waals surface area contributed by atoms with Crippen LogP contribution in [0.4, 0.5) is 4.79 Å². The van der Waals surface area contributed by atoms with E-state index in [4.69, 9.17) is 0 Å². The molecule has 3 saturated carbocycles. The van der Waals surface area contributed by atoms with Crippen molar-refractivity contribution in [3.8, 4) is 0 Å². The molecule has 5 atom stereocenters. The van der Waals surface area contributed by atoms with Gasteiger partial charge in [0.1, 0.15) is 0 Å². The van der Waals surface area contributed by atoms with Crippen LogP contribution in [0.2, 0.25) is 0 Å². The lowest BCUT2D eigenvalue weighted by Gasteiger charge is -2.48. The fourth-order valence-corrected chi connectivity index (χ4v) is 8.46. The Hall–Kier alpha value is -0.840. The second-order valence-electron chi connectivity index (χ2n) is 10.5. The number of sulfonamides is 1. The van der Waals surface area contributed by atoms with E-state index in [2.05, 4.69) is 17.0 Å². The van der Waals surface area contributed by atoms with Crippen LogP contribution in [0.15, 0.2) is 0 Å². The second kappa shape index (κ2) is 7.88. The minimum Gasteiger partial charge on any atom is -0.320 e. The summed E-state index contributed by atoms with van der Waals surface area (Å²) < 4.78 is 28.9. The largest absolute Gasteiger partial charge is 0.327 e. The molecule has 2 saturated heterocycles. The monoisotopic (exact) mass is 470 g/mol. The normalized spacial score (nSPS) is 37.8. The minimum atomic E-state index is -3.48. The van der Waals surface area contributed by atoms with Crippen molar-refractivity contribution in [2.75, 3.05) is 19.6 Å². The molecule has 0 aromatic heterocycles. The Bertz CT molecular complexity index is 857. The third-order valence-corrected chi connectivity index (χ3v) is 11.0. The average Bonchev–Trinajstić information content (AvgIpc) is 3.63. The summed E-state index contributed by atoms with van der Waals surface area (Å²) in [6.45, 7) is 5.90. The third-order valence-electron chi connectivity index (χ3n) is 7.62. The Kier molecular flexibility index (Phi) is 5.59. The molecule has 0 aromatic rings. The van der Waals surface area contributed by atoms with Gasteiger partial charge in [-0.2, -0.15) is 0 Å².